The highest BCUT2D eigenvalue weighted by molar-refractivity contribution is 5.53. The molecule has 4 atom stereocenters. The van der Waals surface area contributed by atoms with Crippen molar-refractivity contribution in [3.05, 3.63) is 12.2 Å². The second-order valence-electron chi connectivity index (χ2n) is 10.9. The van der Waals surface area contributed by atoms with Crippen molar-refractivity contribution in [2.24, 2.45) is 40.4 Å². The van der Waals surface area contributed by atoms with Crippen molar-refractivity contribution < 1.29 is 9.90 Å². The molecule has 0 aliphatic heterocycles. The lowest BCUT2D eigenvalue weighted by molar-refractivity contribution is -0.112. The molecule has 0 aromatic rings. The number of aliphatic hydroxyl groups excluding tert-OH is 1. The molecule has 0 aromatic heterocycles. The Balaban J connectivity index is 1.58. The topological polar surface area (TPSA) is 37.3 Å². The summed E-state index contributed by atoms with van der Waals surface area (Å²) in [5, 5.41) is 10.9. The van der Waals surface area contributed by atoms with Crippen molar-refractivity contribution >= 4 is 6.29 Å². The lowest BCUT2D eigenvalue weighted by atomic mass is 9.49. The molecular weight excluding hydrogens is 320 g/mol. The summed E-state index contributed by atoms with van der Waals surface area (Å²) >= 11 is 0. The quantitative estimate of drug-likeness (QED) is 0.509. The highest BCUT2D eigenvalue weighted by atomic mass is 16.3. The van der Waals surface area contributed by atoms with Crippen LogP contribution in [0, 0.1) is 40.4 Å². The third-order valence-corrected chi connectivity index (χ3v) is 8.38. The van der Waals surface area contributed by atoms with Gasteiger partial charge in [-0.15, -0.1) is 0 Å². The highest BCUT2D eigenvalue weighted by Crippen LogP contribution is 2.58. The first kappa shape index (κ1) is 20.1. The summed E-state index contributed by atoms with van der Waals surface area (Å²) in [5.74, 6) is 2.82. The molecule has 3 rings (SSSR count). The zero-order valence-corrected chi connectivity index (χ0v) is 17.4. The van der Waals surface area contributed by atoms with Crippen LogP contribution in [0.1, 0.15) is 85.5 Å². The van der Waals surface area contributed by atoms with E-state index in [4.69, 9.17) is 0 Å². The van der Waals surface area contributed by atoms with Crippen LogP contribution in [-0.4, -0.2) is 17.5 Å². The van der Waals surface area contributed by atoms with Gasteiger partial charge in [-0.1, -0.05) is 39.8 Å². The molecule has 148 valence electrons. The number of carbonyl (C=O) groups excluding carboxylic acids is 1. The molecule has 3 aliphatic carbocycles. The molecule has 0 heterocycles. The Bertz CT molecular complexity index is 510. The first-order valence-corrected chi connectivity index (χ1v) is 11.0. The van der Waals surface area contributed by atoms with E-state index in [1.807, 2.05) is 0 Å². The number of rotatable bonds is 4. The van der Waals surface area contributed by atoms with Gasteiger partial charge in [0.2, 0.25) is 0 Å². The molecule has 3 saturated carbocycles. The molecule has 2 nitrogen and oxygen atoms in total. The van der Waals surface area contributed by atoms with Crippen LogP contribution >= 0.6 is 0 Å². The highest BCUT2D eigenvalue weighted by Gasteiger charge is 2.50. The largest absolute Gasteiger partial charge is 0.389 e. The summed E-state index contributed by atoms with van der Waals surface area (Å²) in [7, 11) is 0. The van der Waals surface area contributed by atoms with E-state index in [2.05, 4.69) is 39.8 Å². The van der Waals surface area contributed by atoms with Gasteiger partial charge >= 0.3 is 0 Å². The fourth-order valence-corrected chi connectivity index (χ4v) is 6.23. The second kappa shape index (κ2) is 7.78. The van der Waals surface area contributed by atoms with Gasteiger partial charge in [-0.2, -0.15) is 0 Å². The lowest BCUT2D eigenvalue weighted by Crippen LogP contribution is -2.48. The van der Waals surface area contributed by atoms with Crippen LogP contribution in [0.2, 0.25) is 0 Å². The van der Waals surface area contributed by atoms with Gasteiger partial charge in [0.15, 0.2) is 0 Å². The van der Waals surface area contributed by atoms with Crippen molar-refractivity contribution in [2.75, 3.05) is 0 Å². The monoisotopic (exact) mass is 360 g/mol. The van der Waals surface area contributed by atoms with Crippen LogP contribution in [0.5, 0.6) is 0 Å². The van der Waals surface area contributed by atoms with E-state index in [9.17, 15) is 9.90 Å². The van der Waals surface area contributed by atoms with Gasteiger partial charge in [0, 0.05) is 5.92 Å². The molecule has 1 N–H and O–H groups in total. The number of fused-ring (bicyclic) bond motifs is 1. The molecule has 0 saturated heterocycles. The number of allylic oxidation sites excluding steroid dienone is 1. The van der Waals surface area contributed by atoms with E-state index in [0.29, 0.717) is 22.7 Å². The van der Waals surface area contributed by atoms with Gasteiger partial charge in [0.1, 0.15) is 6.29 Å². The predicted octanol–water partition coefficient (Wildman–Crippen LogP) is 5.79. The van der Waals surface area contributed by atoms with Gasteiger partial charge in [-0.05, 0) is 92.3 Å². The Kier molecular flexibility index (Phi) is 6.02. The minimum Gasteiger partial charge on any atom is -0.389 e. The Morgan fingerprint density at radius 2 is 1.42 bits per heavy atom. The number of hydrogen-bond donors (Lipinski definition) is 1. The van der Waals surface area contributed by atoms with Gasteiger partial charge in [0.25, 0.3) is 0 Å². The molecule has 0 bridgehead atoms. The van der Waals surface area contributed by atoms with Gasteiger partial charge < -0.3 is 9.90 Å². The van der Waals surface area contributed by atoms with Crippen LogP contribution in [0.25, 0.3) is 0 Å². The smallest absolute Gasteiger partial charge is 0.123 e. The fraction of sp³-hybridized carbons (Fsp3) is 0.875. The predicted molar refractivity (Wildman–Crippen MR) is 108 cm³/mol. The van der Waals surface area contributed by atoms with Crippen LogP contribution in [0.15, 0.2) is 12.2 Å². The van der Waals surface area contributed by atoms with Gasteiger partial charge in [0.05, 0.1) is 6.10 Å². The molecule has 0 spiro atoms. The zero-order valence-electron chi connectivity index (χ0n) is 17.4. The molecule has 0 amide bonds. The second-order valence-corrected chi connectivity index (χ2v) is 10.9. The molecule has 3 fully saturated rings. The van der Waals surface area contributed by atoms with E-state index in [1.165, 1.54) is 32.1 Å². The van der Waals surface area contributed by atoms with E-state index < -0.39 is 0 Å². The number of carbonyl (C=O) groups is 1. The van der Waals surface area contributed by atoms with E-state index in [1.54, 1.807) is 0 Å². The third-order valence-electron chi connectivity index (χ3n) is 8.38. The summed E-state index contributed by atoms with van der Waals surface area (Å²) in [6, 6.07) is 0. The van der Waals surface area contributed by atoms with Crippen LogP contribution in [0.3, 0.4) is 0 Å². The molecule has 26 heavy (non-hydrogen) atoms. The van der Waals surface area contributed by atoms with Crippen LogP contribution < -0.4 is 0 Å². The van der Waals surface area contributed by atoms with Crippen molar-refractivity contribution in [2.45, 2.75) is 91.6 Å². The molecule has 4 unspecified atom stereocenters. The number of aldehydes is 1. The fourth-order valence-electron chi connectivity index (χ4n) is 6.23. The summed E-state index contributed by atoms with van der Waals surface area (Å²) in [6.45, 7) is 9.84. The summed E-state index contributed by atoms with van der Waals surface area (Å²) in [6.07, 6.45) is 15.7. The number of aliphatic hydroxyl groups is 1. The molecule has 2 heteroatoms. The summed E-state index contributed by atoms with van der Waals surface area (Å²) in [4.78, 5) is 10.9. The first-order chi connectivity index (χ1) is 12.2. The van der Waals surface area contributed by atoms with Crippen molar-refractivity contribution in [3.63, 3.8) is 0 Å². The Labute approximate surface area is 160 Å². The zero-order chi connectivity index (χ0) is 18.9. The van der Waals surface area contributed by atoms with Crippen molar-refractivity contribution in [1.29, 1.82) is 0 Å². The normalized spacial score (nSPS) is 40.7. The standard InChI is InChI=1S/C24H40O2/c1-23(2)13-14-24(3,4)21-15-19(10-11-20(21)23)22(26)12-9-17-5-7-18(16-25)8-6-17/h9,12,16-22,26H,5-8,10-11,13-15H2,1-4H3/b12-9+. The van der Waals surface area contributed by atoms with Crippen LogP contribution in [0.4, 0.5) is 0 Å². The van der Waals surface area contributed by atoms with E-state index in [0.717, 1.165) is 43.8 Å². The molecular formula is C24H40O2. The Morgan fingerprint density at radius 1 is 0.846 bits per heavy atom. The molecule has 0 aromatic carbocycles. The SMILES string of the molecule is CC1(C)CCC(C)(C)C2CC(C(O)/C=C/C3CCC(C=O)CC3)CCC21. The maximum absolute atomic E-state index is 10.9. The Morgan fingerprint density at radius 3 is 2.04 bits per heavy atom. The van der Waals surface area contributed by atoms with Crippen LogP contribution in [-0.2, 0) is 4.79 Å². The minimum atomic E-state index is -0.291. The maximum atomic E-state index is 10.9. The number of hydrogen-bond acceptors (Lipinski definition) is 2. The van der Waals surface area contributed by atoms with Gasteiger partial charge in [-0.25, -0.2) is 0 Å². The minimum absolute atomic E-state index is 0.275. The summed E-state index contributed by atoms with van der Waals surface area (Å²) < 4.78 is 0. The lowest BCUT2D eigenvalue weighted by Gasteiger charge is -2.56. The maximum Gasteiger partial charge on any atom is 0.123 e. The average Bonchev–Trinajstić information content (AvgIpc) is 2.63. The first-order valence-electron chi connectivity index (χ1n) is 11.0. The molecule has 0 radical (unpaired) electrons. The summed E-state index contributed by atoms with van der Waals surface area (Å²) in [5.41, 5.74) is 0.874. The average molecular weight is 361 g/mol. The van der Waals surface area contributed by atoms with Crippen molar-refractivity contribution in [1.82, 2.24) is 0 Å². The molecule has 3 aliphatic rings. The van der Waals surface area contributed by atoms with E-state index >= 15 is 0 Å². The Hall–Kier alpha value is -0.630. The third kappa shape index (κ3) is 4.26. The van der Waals surface area contributed by atoms with Crippen molar-refractivity contribution in [3.8, 4) is 0 Å². The van der Waals surface area contributed by atoms with E-state index in [-0.39, 0.29) is 12.0 Å². The van der Waals surface area contributed by atoms with Gasteiger partial charge in [-0.3, -0.25) is 0 Å².